The van der Waals surface area contributed by atoms with Gasteiger partial charge in [-0.15, -0.1) is 0 Å². The van der Waals surface area contributed by atoms with Gasteiger partial charge in [0.2, 0.25) is 5.91 Å². The van der Waals surface area contributed by atoms with E-state index in [1.807, 2.05) is 6.92 Å². The number of esters is 2. The molecule has 2 rings (SSSR count). The van der Waals surface area contributed by atoms with Gasteiger partial charge in [-0.3, -0.25) is 14.9 Å². The molecule has 0 aliphatic rings. The summed E-state index contributed by atoms with van der Waals surface area (Å²) in [5.74, 6) is -1.90. The molecule has 166 valence electrons. The highest BCUT2D eigenvalue weighted by Gasteiger charge is 2.31. The van der Waals surface area contributed by atoms with Crippen molar-refractivity contribution < 1.29 is 28.8 Å². The van der Waals surface area contributed by atoms with Gasteiger partial charge in [0.25, 0.3) is 0 Å². The molecule has 0 unspecified atom stereocenters. The topological polar surface area (TPSA) is 137 Å². The van der Waals surface area contributed by atoms with Gasteiger partial charge in [0.05, 0.1) is 23.0 Å². The number of thiophene rings is 2. The quantitative estimate of drug-likeness (QED) is 0.234. The minimum Gasteiger partial charge on any atom is -0.462 e. The van der Waals surface area contributed by atoms with E-state index in [1.165, 1.54) is 18.3 Å². The predicted octanol–water partition coefficient (Wildman–Crippen LogP) is 4.56. The Morgan fingerprint density at radius 2 is 1.74 bits per heavy atom. The Morgan fingerprint density at radius 3 is 2.29 bits per heavy atom. The van der Waals surface area contributed by atoms with Crippen molar-refractivity contribution in [3.63, 3.8) is 0 Å². The first kappa shape index (κ1) is 24.2. The van der Waals surface area contributed by atoms with Gasteiger partial charge < -0.3 is 14.8 Å². The summed E-state index contributed by atoms with van der Waals surface area (Å²) in [6.45, 7) is 5.20. The monoisotopic (exact) mass is 467 g/mol. The lowest BCUT2D eigenvalue weighted by Crippen LogP contribution is -2.16. The first-order valence-corrected chi connectivity index (χ1v) is 11.0. The lowest BCUT2D eigenvalue weighted by molar-refractivity contribution is -0.380. The zero-order valence-corrected chi connectivity index (χ0v) is 18.8. The van der Waals surface area contributed by atoms with Crippen molar-refractivity contribution in [3.8, 4) is 0 Å². The summed E-state index contributed by atoms with van der Waals surface area (Å²) in [6.07, 6.45) is 2.17. The lowest BCUT2D eigenvalue weighted by atomic mass is 10.1. The fourth-order valence-electron chi connectivity index (χ4n) is 2.44. The van der Waals surface area contributed by atoms with Crippen LogP contribution in [-0.2, 0) is 14.3 Å². The van der Waals surface area contributed by atoms with Gasteiger partial charge in [-0.25, -0.2) is 14.6 Å². The third-order valence-electron chi connectivity index (χ3n) is 3.68. The summed E-state index contributed by atoms with van der Waals surface area (Å²) < 4.78 is 10.1. The number of nitro groups is 1. The minimum absolute atomic E-state index is 0.0574. The third kappa shape index (κ3) is 6.18. The number of rotatable bonds is 10. The summed E-state index contributed by atoms with van der Waals surface area (Å²) in [6, 6.07) is 2.85. The molecule has 10 nitrogen and oxygen atoms in total. The van der Waals surface area contributed by atoms with E-state index in [9.17, 15) is 24.5 Å². The van der Waals surface area contributed by atoms with Gasteiger partial charge in [0.1, 0.15) is 21.1 Å². The summed E-state index contributed by atoms with van der Waals surface area (Å²) in [4.78, 5) is 52.4. The Labute approximate surface area is 186 Å². The summed E-state index contributed by atoms with van der Waals surface area (Å²) in [7, 11) is 0. The van der Waals surface area contributed by atoms with Gasteiger partial charge in [0, 0.05) is 18.7 Å². The molecular formula is C19H21N3O7S2. The van der Waals surface area contributed by atoms with Crippen LogP contribution in [0.1, 0.15) is 59.2 Å². The number of anilines is 1. The van der Waals surface area contributed by atoms with Gasteiger partial charge in [-0.1, -0.05) is 29.6 Å². The van der Waals surface area contributed by atoms with Crippen LogP contribution >= 0.6 is 22.7 Å². The van der Waals surface area contributed by atoms with Crippen molar-refractivity contribution in [2.45, 2.75) is 33.6 Å². The van der Waals surface area contributed by atoms with E-state index in [4.69, 9.17) is 9.47 Å². The number of carbonyl (C=O) groups is 3. The zero-order valence-electron chi connectivity index (χ0n) is 17.1. The second-order valence-corrected chi connectivity index (χ2v) is 8.01. The Hall–Kier alpha value is -3.12. The molecule has 2 aromatic rings. The van der Waals surface area contributed by atoms with Crippen LogP contribution in [0.2, 0.25) is 0 Å². The molecule has 31 heavy (non-hydrogen) atoms. The smallest absolute Gasteiger partial charge is 0.342 e. The van der Waals surface area contributed by atoms with Crippen molar-refractivity contribution >= 4 is 61.7 Å². The van der Waals surface area contributed by atoms with Crippen LogP contribution < -0.4 is 5.32 Å². The Kier molecular flexibility index (Phi) is 8.82. The van der Waals surface area contributed by atoms with Crippen LogP contribution in [0.3, 0.4) is 0 Å². The molecule has 1 amide bonds. The van der Waals surface area contributed by atoms with E-state index in [1.54, 1.807) is 13.8 Å². The molecule has 0 radical (unpaired) electrons. The number of hydrogen-bond donors (Lipinski definition) is 1. The third-order valence-corrected chi connectivity index (χ3v) is 5.67. The van der Waals surface area contributed by atoms with Gasteiger partial charge in [-0.2, -0.15) is 0 Å². The van der Waals surface area contributed by atoms with E-state index in [-0.39, 0.29) is 51.7 Å². The van der Waals surface area contributed by atoms with Gasteiger partial charge >= 0.3 is 16.9 Å². The first-order valence-electron chi connectivity index (χ1n) is 9.41. The fourth-order valence-corrected chi connectivity index (χ4v) is 4.17. The van der Waals surface area contributed by atoms with E-state index < -0.39 is 16.9 Å². The highest BCUT2D eigenvalue weighted by Crippen LogP contribution is 2.41. The van der Waals surface area contributed by atoms with Crippen LogP contribution in [0.5, 0.6) is 0 Å². The largest absolute Gasteiger partial charge is 0.462 e. The SMILES string of the molecule is CCCC(=O)Nc1sc(N=Cc2ccc([N+](=O)[O-])s2)c(C(=O)OCC)c1C(=O)OCC. The van der Waals surface area contributed by atoms with Crippen molar-refractivity contribution in [2.75, 3.05) is 18.5 Å². The molecule has 0 spiro atoms. The molecule has 0 aromatic carbocycles. The molecule has 0 bridgehead atoms. The summed E-state index contributed by atoms with van der Waals surface area (Å²) in [5, 5.41) is 13.7. The molecule has 0 atom stereocenters. The molecule has 0 aliphatic heterocycles. The average molecular weight is 468 g/mol. The number of hydrogen-bond acceptors (Lipinski definition) is 10. The fraction of sp³-hybridized carbons (Fsp3) is 0.368. The van der Waals surface area contributed by atoms with E-state index in [0.29, 0.717) is 11.3 Å². The van der Waals surface area contributed by atoms with Crippen molar-refractivity contribution in [1.29, 1.82) is 0 Å². The Bertz CT molecular complexity index is 1010. The highest BCUT2D eigenvalue weighted by molar-refractivity contribution is 7.21. The van der Waals surface area contributed by atoms with Crippen LogP contribution in [0.4, 0.5) is 15.0 Å². The molecule has 2 heterocycles. The van der Waals surface area contributed by atoms with Crippen molar-refractivity contribution in [3.05, 3.63) is 38.3 Å². The number of aliphatic imine (C=N–C) groups is 1. The number of amides is 1. The molecule has 1 N–H and O–H groups in total. The second-order valence-electron chi connectivity index (χ2n) is 5.92. The molecule has 0 aliphatic carbocycles. The maximum absolute atomic E-state index is 12.6. The predicted molar refractivity (Wildman–Crippen MR) is 118 cm³/mol. The van der Waals surface area contributed by atoms with Crippen LogP contribution in [0.15, 0.2) is 17.1 Å². The lowest BCUT2D eigenvalue weighted by Gasteiger charge is -2.08. The molecule has 0 saturated carbocycles. The van der Waals surface area contributed by atoms with Gasteiger partial charge in [-0.05, 0) is 26.3 Å². The molecule has 0 saturated heterocycles. The number of nitrogens with one attached hydrogen (secondary N) is 1. The van der Waals surface area contributed by atoms with Crippen LogP contribution in [0, 0.1) is 10.1 Å². The minimum atomic E-state index is -0.790. The summed E-state index contributed by atoms with van der Waals surface area (Å²) >= 11 is 1.83. The molecule has 12 heteroatoms. The Balaban J connectivity index is 2.56. The van der Waals surface area contributed by atoms with E-state index >= 15 is 0 Å². The average Bonchev–Trinajstić information content (AvgIpc) is 3.31. The normalized spacial score (nSPS) is 10.8. The van der Waals surface area contributed by atoms with Crippen molar-refractivity contribution in [2.24, 2.45) is 4.99 Å². The van der Waals surface area contributed by atoms with E-state index in [0.717, 1.165) is 22.7 Å². The number of ether oxygens (including phenoxy) is 2. The number of carbonyl (C=O) groups excluding carboxylic acids is 3. The van der Waals surface area contributed by atoms with Gasteiger partial charge in [0.15, 0.2) is 0 Å². The zero-order chi connectivity index (χ0) is 23.0. The van der Waals surface area contributed by atoms with Crippen molar-refractivity contribution in [1.82, 2.24) is 0 Å². The molecule has 2 aromatic heterocycles. The number of nitrogens with zero attached hydrogens (tertiary/aromatic N) is 2. The highest BCUT2D eigenvalue weighted by atomic mass is 32.1. The second kappa shape index (κ2) is 11.3. The van der Waals surface area contributed by atoms with Crippen LogP contribution in [-0.4, -0.2) is 42.2 Å². The van der Waals surface area contributed by atoms with Crippen LogP contribution in [0.25, 0.3) is 0 Å². The maximum Gasteiger partial charge on any atom is 0.342 e. The maximum atomic E-state index is 12.6. The van der Waals surface area contributed by atoms with E-state index in [2.05, 4.69) is 10.3 Å². The molecule has 0 fully saturated rings. The Morgan fingerprint density at radius 1 is 1.10 bits per heavy atom. The summed E-state index contributed by atoms with van der Waals surface area (Å²) in [5.41, 5.74) is -0.251. The first-order chi connectivity index (χ1) is 14.8. The molecular weight excluding hydrogens is 446 g/mol. The standard InChI is InChI=1S/C19H21N3O7S2/c1-4-7-12(23)21-17-15(19(25)29-6-3)14(18(24)28-5-2)16(31-17)20-10-11-8-9-13(30-11)22(26)27/h8-10H,4-7H2,1-3H3,(H,21,23).